The molecule has 0 spiro atoms. The van der Waals surface area contributed by atoms with Gasteiger partial charge in [0.1, 0.15) is 17.6 Å². The summed E-state index contributed by atoms with van der Waals surface area (Å²) in [6.45, 7) is 0. The fraction of sp³-hybridized carbons (Fsp3) is 0.500. The Morgan fingerprint density at radius 2 is 2.19 bits per heavy atom. The number of nitrogens with zero attached hydrogens (tertiary/aromatic N) is 2. The SMILES string of the molecule is N#Cc1cccc(N[C@H]2CCCC[C@@H]2O)n1. The third-order valence-electron chi connectivity index (χ3n) is 2.93. The second-order valence-corrected chi connectivity index (χ2v) is 4.12. The van der Waals surface area contributed by atoms with Crippen LogP contribution in [-0.2, 0) is 0 Å². The molecule has 0 saturated heterocycles. The molecule has 2 atom stereocenters. The summed E-state index contributed by atoms with van der Waals surface area (Å²) in [4.78, 5) is 4.14. The molecule has 1 aliphatic carbocycles. The summed E-state index contributed by atoms with van der Waals surface area (Å²) in [7, 11) is 0. The monoisotopic (exact) mass is 217 g/mol. The van der Waals surface area contributed by atoms with Gasteiger partial charge in [-0.25, -0.2) is 4.98 Å². The molecule has 0 unspecified atom stereocenters. The minimum Gasteiger partial charge on any atom is -0.391 e. The van der Waals surface area contributed by atoms with Crippen LogP contribution in [0.4, 0.5) is 5.82 Å². The van der Waals surface area contributed by atoms with Crippen LogP contribution in [0.5, 0.6) is 0 Å². The van der Waals surface area contributed by atoms with Crippen LogP contribution in [0.25, 0.3) is 0 Å². The van der Waals surface area contributed by atoms with Crippen molar-refractivity contribution in [3.63, 3.8) is 0 Å². The molecule has 0 bridgehead atoms. The Balaban J connectivity index is 2.05. The van der Waals surface area contributed by atoms with Crippen molar-refractivity contribution in [2.24, 2.45) is 0 Å². The number of nitriles is 1. The lowest BCUT2D eigenvalue weighted by molar-refractivity contribution is 0.116. The fourth-order valence-corrected chi connectivity index (χ4v) is 2.05. The van der Waals surface area contributed by atoms with Crippen molar-refractivity contribution in [2.45, 2.75) is 37.8 Å². The summed E-state index contributed by atoms with van der Waals surface area (Å²) in [5.74, 6) is 0.671. The summed E-state index contributed by atoms with van der Waals surface area (Å²) in [6, 6.07) is 7.35. The van der Waals surface area contributed by atoms with Gasteiger partial charge in [0, 0.05) is 0 Å². The third kappa shape index (κ3) is 2.50. The zero-order valence-corrected chi connectivity index (χ0v) is 9.06. The summed E-state index contributed by atoms with van der Waals surface area (Å²) in [5, 5.41) is 21.7. The number of aliphatic hydroxyl groups is 1. The van der Waals surface area contributed by atoms with Crippen molar-refractivity contribution < 1.29 is 5.11 Å². The molecule has 2 N–H and O–H groups in total. The topological polar surface area (TPSA) is 68.9 Å². The van der Waals surface area contributed by atoms with Gasteiger partial charge in [-0.1, -0.05) is 18.9 Å². The van der Waals surface area contributed by atoms with Crippen LogP contribution in [-0.4, -0.2) is 22.2 Å². The number of aliphatic hydroxyl groups excluding tert-OH is 1. The number of pyridine rings is 1. The first-order valence-electron chi connectivity index (χ1n) is 5.61. The lowest BCUT2D eigenvalue weighted by atomic mass is 9.92. The van der Waals surface area contributed by atoms with E-state index in [2.05, 4.69) is 10.3 Å². The van der Waals surface area contributed by atoms with Crippen LogP contribution in [0.3, 0.4) is 0 Å². The Bertz CT molecular complexity index is 399. The molecular weight excluding hydrogens is 202 g/mol. The minimum absolute atomic E-state index is 0.0650. The summed E-state index contributed by atoms with van der Waals surface area (Å²) in [6.07, 6.45) is 3.72. The molecule has 0 amide bonds. The normalized spacial score (nSPS) is 24.8. The first-order chi connectivity index (χ1) is 7.79. The molecule has 1 aromatic heterocycles. The van der Waals surface area contributed by atoms with Gasteiger partial charge in [-0.2, -0.15) is 5.26 Å². The average molecular weight is 217 g/mol. The van der Waals surface area contributed by atoms with Crippen molar-refractivity contribution in [3.05, 3.63) is 23.9 Å². The molecule has 1 aliphatic rings. The maximum absolute atomic E-state index is 9.80. The van der Waals surface area contributed by atoms with E-state index in [9.17, 15) is 5.11 Å². The smallest absolute Gasteiger partial charge is 0.142 e. The first kappa shape index (κ1) is 10.9. The number of anilines is 1. The highest BCUT2D eigenvalue weighted by atomic mass is 16.3. The highest BCUT2D eigenvalue weighted by Crippen LogP contribution is 2.21. The van der Waals surface area contributed by atoms with Crippen LogP contribution in [0.2, 0.25) is 0 Å². The van der Waals surface area contributed by atoms with E-state index < -0.39 is 0 Å². The van der Waals surface area contributed by atoms with E-state index in [1.54, 1.807) is 12.1 Å². The second kappa shape index (κ2) is 4.95. The number of rotatable bonds is 2. The zero-order chi connectivity index (χ0) is 11.4. The van der Waals surface area contributed by atoms with Crippen molar-refractivity contribution in [1.82, 2.24) is 4.98 Å². The van der Waals surface area contributed by atoms with Crippen molar-refractivity contribution >= 4 is 5.82 Å². The van der Waals surface area contributed by atoms with E-state index in [1.807, 2.05) is 12.1 Å². The highest BCUT2D eigenvalue weighted by Gasteiger charge is 2.22. The molecule has 0 aliphatic heterocycles. The van der Waals surface area contributed by atoms with Gasteiger partial charge in [0.05, 0.1) is 12.1 Å². The molecular formula is C12H15N3O. The van der Waals surface area contributed by atoms with Gasteiger partial charge in [0.2, 0.25) is 0 Å². The predicted octanol–water partition coefficient (Wildman–Crippen LogP) is 1.67. The molecule has 0 radical (unpaired) electrons. The van der Waals surface area contributed by atoms with E-state index >= 15 is 0 Å². The Labute approximate surface area is 94.9 Å². The van der Waals surface area contributed by atoms with Crippen LogP contribution >= 0.6 is 0 Å². The molecule has 2 rings (SSSR count). The lowest BCUT2D eigenvalue weighted by Crippen LogP contribution is -2.36. The van der Waals surface area contributed by atoms with E-state index in [-0.39, 0.29) is 12.1 Å². The number of hydrogen-bond donors (Lipinski definition) is 2. The summed E-state index contributed by atoms with van der Waals surface area (Å²) in [5.41, 5.74) is 0.398. The molecule has 4 nitrogen and oxygen atoms in total. The molecule has 0 aromatic carbocycles. The van der Waals surface area contributed by atoms with Gasteiger partial charge in [-0.3, -0.25) is 0 Å². The molecule has 4 heteroatoms. The predicted molar refractivity (Wildman–Crippen MR) is 60.8 cm³/mol. The minimum atomic E-state index is -0.304. The Morgan fingerprint density at radius 3 is 2.94 bits per heavy atom. The lowest BCUT2D eigenvalue weighted by Gasteiger charge is -2.28. The van der Waals surface area contributed by atoms with Gasteiger partial charge < -0.3 is 10.4 Å². The van der Waals surface area contributed by atoms with Crippen LogP contribution < -0.4 is 5.32 Å². The van der Waals surface area contributed by atoms with E-state index in [4.69, 9.17) is 5.26 Å². The van der Waals surface area contributed by atoms with Gasteiger partial charge in [-0.05, 0) is 25.0 Å². The number of aromatic nitrogens is 1. The Morgan fingerprint density at radius 1 is 1.38 bits per heavy atom. The molecule has 16 heavy (non-hydrogen) atoms. The zero-order valence-electron chi connectivity index (χ0n) is 9.06. The summed E-state index contributed by atoms with van der Waals surface area (Å²) >= 11 is 0. The third-order valence-corrected chi connectivity index (χ3v) is 2.93. The van der Waals surface area contributed by atoms with E-state index in [0.29, 0.717) is 11.5 Å². The van der Waals surface area contributed by atoms with Crippen molar-refractivity contribution in [2.75, 3.05) is 5.32 Å². The average Bonchev–Trinajstić information content (AvgIpc) is 2.32. The fourth-order valence-electron chi connectivity index (χ4n) is 2.05. The first-order valence-corrected chi connectivity index (χ1v) is 5.61. The summed E-state index contributed by atoms with van der Waals surface area (Å²) < 4.78 is 0. The second-order valence-electron chi connectivity index (χ2n) is 4.12. The van der Waals surface area contributed by atoms with Crippen LogP contribution in [0.1, 0.15) is 31.4 Å². The van der Waals surface area contributed by atoms with Crippen molar-refractivity contribution in [3.8, 4) is 6.07 Å². The van der Waals surface area contributed by atoms with Gasteiger partial charge in [0.15, 0.2) is 0 Å². The van der Waals surface area contributed by atoms with Gasteiger partial charge >= 0.3 is 0 Å². The largest absolute Gasteiger partial charge is 0.391 e. The van der Waals surface area contributed by atoms with E-state index in [0.717, 1.165) is 25.7 Å². The quantitative estimate of drug-likeness (QED) is 0.790. The maximum atomic E-state index is 9.80. The number of hydrogen-bond acceptors (Lipinski definition) is 4. The van der Waals surface area contributed by atoms with Gasteiger partial charge in [-0.15, -0.1) is 0 Å². The molecule has 1 fully saturated rings. The Kier molecular flexibility index (Phi) is 3.37. The molecule has 1 saturated carbocycles. The Hall–Kier alpha value is -1.60. The molecule has 1 aromatic rings. The molecule has 1 heterocycles. The van der Waals surface area contributed by atoms with Gasteiger partial charge in [0.25, 0.3) is 0 Å². The standard InChI is InChI=1S/C12H15N3O/c13-8-9-4-3-7-12(14-9)15-10-5-1-2-6-11(10)16/h3-4,7,10-11,16H,1-2,5-6H2,(H,14,15)/t10-,11-/m0/s1. The number of nitrogens with one attached hydrogen (secondary N) is 1. The van der Waals surface area contributed by atoms with Crippen LogP contribution in [0, 0.1) is 11.3 Å². The van der Waals surface area contributed by atoms with Crippen LogP contribution in [0.15, 0.2) is 18.2 Å². The molecule has 84 valence electrons. The maximum Gasteiger partial charge on any atom is 0.142 e. The van der Waals surface area contributed by atoms with Crippen molar-refractivity contribution in [1.29, 1.82) is 5.26 Å². The van der Waals surface area contributed by atoms with E-state index in [1.165, 1.54) is 0 Å². The highest BCUT2D eigenvalue weighted by molar-refractivity contribution is 5.39.